The molecule has 2 aromatic rings. The average Bonchev–Trinajstić information content (AvgIpc) is 3.10. The molecule has 1 aliphatic heterocycles. The Morgan fingerprint density at radius 3 is 2.96 bits per heavy atom. The van der Waals surface area contributed by atoms with Crippen LogP contribution < -0.4 is 9.47 Å². The summed E-state index contributed by atoms with van der Waals surface area (Å²) in [4.78, 5) is 2.46. The van der Waals surface area contributed by atoms with E-state index in [1.165, 1.54) is 0 Å². The van der Waals surface area contributed by atoms with Gasteiger partial charge in [-0.1, -0.05) is 19.9 Å². The third-order valence-electron chi connectivity index (χ3n) is 4.44. The van der Waals surface area contributed by atoms with Crippen molar-refractivity contribution in [1.82, 2.24) is 15.1 Å². The van der Waals surface area contributed by atoms with Crippen molar-refractivity contribution in [2.24, 2.45) is 5.92 Å². The van der Waals surface area contributed by atoms with Crippen LogP contribution in [0, 0.1) is 5.92 Å². The first kappa shape index (κ1) is 18.7. The van der Waals surface area contributed by atoms with Gasteiger partial charge >= 0.3 is 0 Å². The summed E-state index contributed by atoms with van der Waals surface area (Å²) in [5, 5.41) is 7.57. The Balaban J connectivity index is 1.49. The molecule has 0 saturated carbocycles. The van der Waals surface area contributed by atoms with Gasteiger partial charge in [-0.25, -0.2) is 0 Å². The smallest absolute Gasteiger partial charge is 0.123 e. The zero-order valence-corrected chi connectivity index (χ0v) is 15.9. The Kier molecular flexibility index (Phi) is 6.52. The van der Waals surface area contributed by atoms with Gasteiger partial charge in [0, 0.05) is 37.8 Å². The maximum absolute atomic E-state index is 5.92. The monoisotopic (exact) mass is 359 g/mol. The summed E-state index contributed by atoms with van der Waals surface area (Å²) in [5.74, 6) is 2.27. The van der Waals surface area contributed by atoms with Crippen molar-refractivity contribution >= 4 is 0 Å². The van der Waals surface area contributed by atoms with Crippen LogP contribution in [0.4, 0.5) is 0 Å². The van der Waals surface area contributed by atoms with Crippen molar-refractivity contribution < 1.29 is 14.2 Å². The predicted octanol–water partition coefficient (Wildman–Crippen LogP) is 3.07. The lowest BCUT2D eigenvalue weighted by Gasteiger charge is -2.33. The fourth-order valence-electron chi connectivity index (χ4n) is 3.21. The van der Waals surface area contributed by atoms with Crippen molar-refractivity contribution in [2.45, 2.75) is 26.4 Å². The molecule has 3 rings (SSSR count). The summed E-state index contributed by atoms with van der Waals surface area (Å²) in [7, 11) is 1.65. The number of nitrogens with zero attached hydrogens (tertiary/aromatic N) is 2. The Hall–Kier alpha value is -2.05. The highest BCUT2D eigenvalue weighted by atomic mass is 16.5. The van der Waals surface area contributed by atoms with Crippen molar-refractivity contribution in [1.29, 1.82) is 0 Å². The van der Waals surface area contributed by atoms with Crippen LogP contribution in [0.15, 0.2) is 30.3 Å². The van der Waals surface area contributed by atoms with Gasteiger partial charge in [-0.05, 0) is 24.1 Å². The minimum absolute atomic E-state index is 0.0480. The molecule has 0 spiro atoms. The quantitative estimate of drug-likeness (QED) is 0.785. The van der Waals surface area contributed by atoms with Gasteiger partial charge in [0.25, 0.3) is 0 Å². The number of ether oxygens (including phenoxy) is 3. The zero-order chi connectivity index (χ0) is 18.4. The molecule has 6 heteroatoms. The number of morpholine rings is 1. The Morgan fingerprint density at radius 2 is 2.15 bits per heavy atom. The SMILES string of the molecule is COc1cccc(OCCc2cc(C3CN(CC(C)C)CCO3)n[nH]2)c1. The van der Waals surface area contributed by atoms with E-state index in [1.54, 1.807) is 7.11 Å². The molecule has 1 aromatic heterocycles. The Morgan fingerprint density at radius 1 is 1.31 bits per heavy atom. The molecule has 142 valence electrons. The second-order valence-corrected chi connectivity index (χ2v) is 7.11. The van der Waals surface area contributed by atoms with Crippen LogP contribution in [0.1, 0.15) is 31.3 Å². The third-order valence-corrected chi connectivity index (χ3v) is 4.44. The minimum Gasteiger partial charge on any atom is -0.497 e. The Labute approximate surface area is 155 Å². The molecule has 1 fully saturated rings. The summed E-state index contributed by atoms with van der Waals surface area (Å²) in [5.41, 5.74) is 2.04. The lowest BCUT2D eigenvalue weighted by Crippen LogP contribution is -2.40. The predicted molar refractivity (Wildman–Crippen MR) is 101 cm³/mol. The number of hydrogen-bond donors (Lipinski definition) is 1. The molecule has 0 aliphatic carbocycles. The van der Waals surface area contributed by atoms with Crippen LogP contribution in [0.3, 0.4) is 0 Å². The number of rotatable bonds is 8. The van der Waals surface area contributed by atoms with Crippen molar-refractivity contribution in [2.75, 3.05) is 40.0 Å². The molecule has 0 amide bonds. The lowest BCUT2D eigenvalue weighted by molar-refractivity contribution is -0.0352. The molecular formula is C20H29N3O3. The van der Waals surface area contributed by atoms with Gasteiger partial charge in [0.2, 0.25) is 0 Å². The maximum atomic E-state index is 5.92. The topological polar surface area (TPSA) is 59.6 Å². The van der Waals surface area contributed by atoms with E-state index in [4.69, 9.17) is 14.2 Å². The van der Waals surface area contributed by atoms with Crippen LogP contribution in [0.5, 0.6) is 11.5 Å². The molecule has 1 N–H and O–H groups in total. The van der Waals surface area contributed by atoms with Gasteiger partial charge in [0.1, 0.15) is 17.6 Å². The van der Waals surface area contributed by atoms with Crippen LogP contribution in [-0.2, 0) is 11.2 Å². The molecule has 0 bridgehead atoms. The van der Waals surface area contributed by atoms with E-state index in [2.05, 4.69) is 35.0 Å². The molecule has 0 radical (unpaired) electrons. The van der Waals surface area contributed by atoms with Crippen molar-refractivity contribution in [3.8, 4) is 11.5 Å². The van der Waals surface area contributed by atoms with Gasteiger partial charge in [0.15, 0.2) is 0 Å². The van der Waals surface area contributed by atoms with E-state index in [-0.39, 0.29) is 6.10 Å². The highest BCUT2D eigenvalue weighted by Crippen LogP contribution is 2.22. The van der Waals surface area contributed by atoms with E-state index >= 15 is 0 Å². The molecule has 1 unspecified atom stereocenters. The van der Waals surface area contributed by atoms with E-state index < -0.39 is 0 Å². The molecule has 26 heavy (non-hydrogen) atoms. The minimum atomic E-state index is 0.0480. The van der Waals surface area contributed by atoms with Crippen LogP contribution in [0.25, 0.3) is 0 Å². The fraction of sp³-hybridized carbons (Fsp3) is 0.550. The van der Waals surface area contributed by atoms with Crippen LogP contribution in [-0.4, -0.2) is 55.1 Å². The van der Waals surface area contributed by atoms with E-state index in [1.807, 2.05) is 24.3 Å². The number of H-pyrrole nitrogens is 1. The van der Waals surface area contributed by atoms with Gasteiger partial charge in [-0.15, -0.1) is 0 Å². The third kappa shape index (κ3) is 5.22. The largest absolute Gasteiger partial charge is 0.497 e. The first-order chi connectivity index (χ1) is 12.6. The maximum Gasteiger partial charge on any atom is 0.123 e. The molecule has 1 saturated heterocycles. The highest BCUT2D eigenvalue weighted by molar-refractivity contribution is 5.32. The number of methoxy groups -OCH3 is 1. The molecule has 1 aliphatic rings. The normalized spacial score (nSPS) is 18.2. The number of aromatic amines is 1. The van der Waals surface area contributed by atoms with E-state index in [0.717, 1.165) is 55.5 Å². The molecule has 2 heterocycles. The molecular weight excluding hydrogens is 330 g/mol. The lowest BCUT2D eigenvalue weighted by atomic mass is 10.1. The highest BCUT2D eigenvalue weighted by Gasteiger charge is 2.24. The van der Waals surface area contributed by atoms with Crippen LogP contribution >= 0.6 is 0 Å². The van der Waals surface area contributed by atoms with Gasteiger partial charge < -0.3 is 14.2 Å². The van der Waals surface area contributed by atoms with Gasteiger partial charge in [0.05, 0.1) is 26.0 Å². The number of aromatic nitrogens is 2. The van der Waals surface area contributed by atoms with Crippen LogP contribution in [0.2, 0.25) is 0 Å². The summed E-state index contributed by atoms with van der Waals surface area (Å²) in [6, 6.07) is 9.74. The summed E-state index contributed by atoms with van der Waals surface area (Å²) in [6.45, 7) is 8.85. The van der Waals surface area contributed by atoms with E-state index in [9.17, 15) is 0 Å². The first-order valence-electron chi connectivity index (χ1n) is 9.29. The standard InChI is InChI=1S/C20H29N3O3/c1-15(2)13-23-8-10-26-20(14-23)19-11-16(21-22-19)7-9-25-18-6-4-5-17(12-18)24-3/h4-6,11-12,15,20H,7-10,13-14H2,1-3H3,(H,21,22). The van der Waals surface area contributed by atoms with E-state index in [0.29, 0.717) is 12.5 Å². The molecule has 1 atom stereocenters. The number of hydrogen-bond acceptors (Lipinski definition) is 5. The first-order valence-corrected chi connectivity index (χ1v) is 9.29. The zero-order valence-electron chi connectivity index (χ0n) is 15.9. The summed E-state index contributed by atoms with van der Waals surface area (Å²) in [6.07, 6.45) is 0.818. The van der Waals surface area contributed by atoms with Gasteiger partial charge in [-0.3, -0.25) is 10.00 Å². The summed E-state index contributed by atoms with van der Waals surface area (Å²) < 4.78 is 16.9. The fourth-order valence-corrected chi connectivity index (χ4v) is 3.21. The molecule has 6 nitrogen and oxygen atoms in total. The average molecular weight is 359 g/mol. The Bertz CT molecular complexity index is 686. The molecule has 1 aromatic carbocycles. The number of nitrogens with one attached hydrogen (secondary N) is 1. The van der Waals surface area contributed by atoms with Crippen molar-refractivity contribution in [3.05, 3.63) is 41.7 Å². The summed E-state index contributed by atoms with van der Waals surface area (Å²) >= 11 is 0. The number of benzene rings is 1. The second-order valence-electron chi connectivity index (χ2n) is 7.11. The van der Waals surface area contributed by atoms with Crippen molar-refractivity contribution in [3.63, 3.8) is 0 Å². The van der Waals surface area contributed by atoms with Gasteiger partial charge in [-0.2, -0.15) is 5.10 Å². The second kappa shape index (κ2) is 9.05.